The molecule has 0 fully saturated rings. The molecule has 2 aromatic carbocycles. The van der Waals surface area contributed by atoms with E-state index in [1.165, 1.54) is 11.3 Å². The van der Waals surface area contributed by atoms with Gasteiger partial charge in [-0.25, -0.2) is 9.19 Å². The van der Waals surface area contributed by atoms with Crippen molar-refractivity contribution in [3.05, 3.63) is 64.5 Å². The van der Waals surface area contributed by atoms with Gasteiger partial charge in [0.15, 0.2) is 0 Å². The third-order valence-electron chi connectivity index (χ3n) is 4.77. The molecule has 170 valence electrons. The van der Waals surface area contributed by atoms with E-state index in [2.05, 4.69) is 10.0 Å². The molecule has 32 heavy (non-hydrogen) atoms. The van der Waals surface area contributed by atoms with Crippen LogP contribution in [-0.4, -0.2) is 26.8 Å². The van der Waals surface area contributed by atoms with E-state index in [1.54, 1.807) is 19.2 Å². The SMILES string of the molecule is COc1cccc(-c2csc([C@H](Cc3ccc(NS(=O)O)cc3)NC(=O)C(C)(C)C)n2)c1. The van der Waals surface area contributed by atoms with E-state index in [-0.39, 0.29) is 11.9 Å². The minimum Gasteiger partial charge on any atom is -0.497 e. The second kappa shape index (κ2) is 10.2. The van der Waals surface area contributed by atoms with Crippen LogP contribution in [0.15, 0.2) is 53.9 Å². The number of hydrogen-bond acceptors (Lipinski definition) is 5. The first-order valence-electron chi connectivity index (χ1n) is 10.0. The van der Waals surface area contributed by atoms with Crippen LogP contribution in [0.25, 0.3) is 11.3 Å². The molecule has 1 aromatic heterocycles. The van der Waals surface area contributed by atoms with Crippen LogP contribution < -0.4 is 14.8 Å². The fourth-order valence-corrected chi connectivity index (χ4v) is 4.20. The first-order chi connectivity index (χ1) is 15.2. The molecule has 0 aliphatic rings. The summed E-state index contributed by atoms with van der Waals surface area (Å²) in [5, 5.41) is 5.92. The minimum atomic E-state index is -2.12. The number of thiazole rings is 1. The van der Waals surface area contributed by atoms with Gasteiger partial charge in [-0.1, -0.05) is 45.0 Å². The Hall–Kier alpha value is -2.75. The molecule has 0 radical (unpaired) electrons. The van der Waals surface area contributed by atoms with Crippen LogP contribution in [0.5, 0.6) is 5.75 Å². The lowest BCUT2D eigenvalue weighted by Gasteiger charge is -2.23. The number of nitrogens with zero attached hydrogens (tertiary/aromatic N) is 1. The first-order valence-corrected chi connectivity index (χ1v) is 12.0. The van der Waals surface area contributed by atoms with E-state index in [4.69, 9.17) is 14.3 Å². The van der Waals surface area contributed by atoms with Gasteiger partial charge in [-0.15, -0.1) is 11.3 Å². The van der Waals surface area contributed by atoms with Crippen molar-refractivity contribution < 1.29 is 18.3 Å². The van der Waals surface area contributed by atoms with Gasteiger partial charge in [0.2, 0.25) is 5.91 Å². The van der Waals surface area contributed by atoms with Crippen LogP contribution >= 0.6 is 11.3 Å². The third kappa shape index (κ3) is 6.38. The van der Waals surface area contributed by atoms with Gasteiger partial charge < -0.3 is 10.1 Å². The van der Waals surface area contributed by atoms with Gasteiger partial charge >= 0.3 is 0 Å². The summed E-state index contributed by atoms with van der Waals surface area (Å²) in [7, 11) is 1.63. The number of carbonyl (C=O) groups is 1. The maximum Gasteiger partial charge on any atom is 0.259 e. The number of carbonyl (C=O) groups excluding carboxylic acids is 1. The van der Waals surface area contributed by atoms with Gasteiger partial charge in [0.25, 0.3) is 11.3 Å². The minimum absolute atomic E-state index is 0.0606. The Bertz CT molecular complexity index is 1090. The predicted molar refractivity (Wildman–Crippen MR) is 129 cm³/mol. The Morgan fingerprint density at radius 3 is 2.56 bits per heavy atom. The summed E-state index contributed by atoms with van der Waals surface area (Å²) >= 11 is -0.627. The van der Waals surface area contributed by atoms with Crippen molar-refractivity contribution in [1.82, 2.24) is 10.3 Å². The number of rotatable bonds is 8. The zero-order chi connectivity index (χ0) is 23.3. The van der Waals surface area contributed by atoms with E-state index in [0.29, 0.717) is 12.1 Å². The Kier molecular flexibility index (Phi) is 7.65. The smallest absolute Gasteiger partial charge is 0.259 e. The van der Waals surface area contributed by atoms with Crippen LogP contribution in [-0.2, 0) is 22.5 Å². The van der Waals surface area contributed by atoms with Gasteiger partial charge in [-0.3, -0.25) is 14.1 Å². The quantitative estimate of drug-likeness (QED) is 0.408. The highest BCUT2D eigenvalue weighted by atomic mass is 32.2. The topological polar surface area (TPSA) is 101 Å². The summed E-state index contributed by atoms with van der Waals surface area (Å²) in [6.07, 6.45) is 0.537. The zero-order valence-corrected chi connectivity index (χ0v) is 20.0. The molecule has 0 saturated carbocycles. The van der Waals surface area contributed by atoms with Gasteiger partial charge in [0.1, 0.15) is 10.8 Å². The molecular weight excluding hydrogens is 446 g/mol. The van der Waals surface area contributed by atoms with Crippen molar-refractivity contribution >= 4 is 34.2 Å². The van der Waals surface area contributed by atoms with E-state index in [1.807, 2.05) is 62.5 Å². The van der Waals surface area contributed by atoms with Crippen molar-refractivity contribution in [3.8, 4) is 17.0 Å². The molecule has 9 heteroatoms. The molecule has 2 atom stereocenters. The van der Waals surface area contributed by atoms with E-state index >= 15 is 0 Å². The van der Waals surface area contributed by atoms with E-state index in [0.717, 1.165) is 27.6 Å². The molecule has 3 rings (SSSR count). The lowest BCUT2D eigenvalue weighted by molar-refractivity contribution is -0.129. The lowest BCUT2D eigenvalue weighted by Crippen LogP contribution is -2.38. The van der Waals surface area contributed by atoms with Crippen molar-refractivity contribution in [1.29, 1.82) is 0 Å². The van der Waals surface area contributed by atoms with Gasteiger partial charge in [0, 0.05) is 22.0 Å². The number of benzene rings is 2. The number of anilines is 1. The van der Waals surface area contributed by atoms with E-state index < -0.39 is 16.7 Å². The highest BCUT2D eigenvalue weighted by Crippen LogP contribution is 2.30. The summed E-state index contributed by atoms with van der Waals surface area (Å²) in [5.41, 5.74) is 2.74. The second-order valence-corrected chi connectivity index (χ2v) is 9.92. The molecule has 0 bridgehead atoms. The lowest BCUT2D eigenvalue weighted by atomic mass is 9.94. The van der Waals surface area contributed by atoms with Gasteiger partial charge in [0.05, 0.1) is 18.8 Å². The fraction of sp³-hybridized carbons (Fsp3) is 0.304. The molecular formula is C23H27N3O4S2. The molecule has 0 aliphatic heterocycles. The summed E-state index contributed by atoms with van der Waals surface area (Å²) in [6.45, 7) is 5.62. The van der Waals surface area contributed by atoms with Crippen molar-refractivity contribution in [2.45, 2.75) is 33.2 Å². The monoisotopic (exact) mass is 473 g/mol. The van der Waals surface area contributed by atoms with Crippen molar-refractivity contribution in [2.24, 2.45) is 5.41 Å². The first kappa shape index (κ1) is 23.9. The molecule has 0 spiro atoms. The van der Waals surface area contributed by atoms with Gasteiger partial charge in [-0.2, -0.15) is 0 Å². The molecule has 1 heterocycles. The molecule has 0 saturated heterocycles. The second-order valence-electron chi connectivity index (χ2n) is 8.33. The van der Waals surface area contributed by atoms with Crippen LogP contribution in [0.2, 0.25) is 0 Å². The molecule has 1 amide bonds. The predicted octanol–water partition coefficient (Wildman–Crippen LogP) is 4.81. The molecule has 7 nitrogen and oxygen atoms in total. The van der Waals surface area contributed by atoms with Gasteiger partial charge in [-0.05, 0) is 36.2 Å². The van der Waals surface area contributed by atoms with Crippen LogP contribution in [0.3, 0.4) is 0 Å². The Morgan fingerprint density at radius 2 is 1.94 bits per heavy atom. The fourth-order valence-electron chi connectivity index (χ4n) is 2.98. The summed E-state index contributed by atoms with van der Waals surface area (Å²) in [5.74, 6) is 0.696. The Labute approximate surface area is 194 Å². The molecule has 3 N–H and O–H groups in total. The normalized spacial score (nSPS) is 13.3. The van der Waals surface area contributed by atoms with Crippen molar-refractivity contribution in [3.63, 3.8) is 0 Å². The standard InChI is InChI=1S/C23H27N3O4S2/c1-23(2,3)22(27)25-19(12-15-8-10-17(11-9-15)26-32(28)29)21-24-20(14-31-21)16-6-5-7-18(13-16)30-4/h5-11,13-14,19,26H,12H2,1-4H3,(H,25,27)(H,28,29)/t19-/m0/s1. The number of nitrogens with one attached hydrogen (secondary N) is 2. The Morgan fingerprint density at radius 1 is 1.22 bits per heavy atom. The number of ether oxygens (including phenoxy) is 1. The maximum absolute atomic E-state index is 12.8. The van der Waals surface area contributed by atoms with Crippen LogP contribution in [0.4, 0.5) is 5.69 Å². The van der Waals surface area contributed by atoms with E-state index in [9.17, 15) is 9.00 Å². The molecule has 3 aromatic rings. The van der Waals surface area contributed by atoms with Crippen molar-refractivity contribution in [2.75, 3.05) is 11.8 Å². The van der Waals surface area contributed by atoms with Crippen LogP contribution in [0.1, 0.15) is 37.4 Å². The zero-order valence-electron chi connectivity index (χ0n) is 18.4. The number of hydrogen-bond donors (Lipinski definition) is 3. The summed E-state index contributed by atoms with van der Waals surface area (Å²) in [6, 6.07) is 14.6. The third-order valence-corrected chi connectivity index (χ3v) is 6.14. The highest BCUT2D eigenvalue weighted by Gasteiger charge is 2.26. The number of methoxy groups -OCH3 is 1. The number of aromatic nitrogens is 1. The average molecular weight is 474 g/mol. The van der Waals surface area contributed by atoms with Crippen LogP contribution in [0, 0.1) is 5.41 Å². The average Bonchev–Trinajstić information content (AvgIpc) is 3.24. The highest BCUT2D eigenvalue weighted by molar-refractivity contribution is 7.80. The number of amides is 1. The largest absolute Gasteiger partial charge is 0.497 e. The molecule has 0 aliphatic carbocycles. The Balaban J connectivity index is 1.87. The molecule has 1 unspecified atom stereocenters. The summed E-state index contributed by atoms with van der Waals surface area (Å²) < 4.78 is 27.7. The maximum atomic E-state index is 12.8. The summed E-state index contributed by atoms with van der Waals surface area (Å²) in [4.78, 5) is 17.6.